The minimum atomic E-state index is 0.841. The van der Waals surface area contributed by atoms with Gasteiger partial charge in [0.2, 0.25) is 0 Å². The van der Waals surface area contributed by atoms with Crippen LogP contribution in [0.5, 0.6) is 0 Å². The molecule has 0 bridgehead atoms. The van der Waals surface area contributed by atoms with Crippen LogP contribution in [0.2, 0.25) is 0 Å². The van der Waals surface area contributed by atoms with E-state index in [0.717, 1.165) is 83.4 Å². The third kappa shape index (κ3) is 5.36. The molecule has 10 aromatic carbocycles. The maximum atomic E-state index is 7.16. The van der Waals surface area contributed by atoms with Crippen LogP contribution in [0.15, 0.2) is 221 Å². The minimum absolute atomic E-state index is 0.841. The Morgan fingerprint density at radius 3 is 1.68 bits per heavy atom. The van der Waals surface area contributed by atoms with Crippen molar-refractivity contribution in [3.63, 3.8) is 0 Å². The van der Waals surface area contributed by atoms with E-state index in [1.165, 1.54) is 32.5 Å². The van der Waals surface area contributed by atoms with Crippen LogP contribution in [0.25, 0.3) is 98.8 Å². The average Bonchev–Trinajstić information content (AvgIpc) is 3.90. The van der Waals surface area contributed by atoms with Crippen LogP contribution < -0.4 is 4.90 Å². The second kappa shape index (κ2) is 13.4. The van der Waals surface area contributed by atoms with Crippen LogP contribution in [0.4, 0.5) is 17.1 Å². The van der Waals surface area contributed by atoms with Gasteiger partial charge >= 0.3 is 0 Å². The molecule has 59 heavy (non-hydrogen) atoms. The van der Waals surface area contributed by atoms with E-state index in [-0.39, 0.29) is 0 Å². The van der Waals surface area contributed by atoms with Crippen LogP contribution in [0.1, 0.15) is 0 Å². The van der Waals surface area contributed by atoms with Gasteiger partial charge in [-0.3, -0.25) is 0 Å². The fourth-order valence-electron chi connectivity index (χ4n) is 9.15. The van der Waals surface area contributed by atoms with Crippen LogP contribution in [0, 0.1) is 0 Å². The summed E-state index contributed by atoms with van der Waals surface area (Å²) in [7, 11) is 0. The predicted molar refractivity (Wildman–Crippen MR) is 247 cm³/mol. The molecular weight excluding hydrogens is 719 g/mol. The highest BCUT2D eigenvalue weighted by Gasteiger charge is 2.24. The molecule has 0 saturated carbocycles. The quantitative estimate of drug-likeness (QED) is 0.158. The van der Waals surface area contributed by atoms with E-state index in [1.54, 1.807) is 0 Å². The van der Waals surface area contributed by atoms with Crippen molar-refractivity contribution in [3.8, 4) is 33.6 Å². The zero-order chi connectivity index (χ0) is 38.9. The van der Waals surface area contributed by atoms with Gasteiger partial charge in [0, 0.05) is 55.8 Å². The highest BCUT2D eigenvalue weighted by atomic mass is 16.3. The summed E-state index contributed by atoms with van der Waals surface area (Å²) in [5, 5.41) is 10.4. The molecule has 0 aliphatic rings. The topological polar surface area (TPSA) is 29.5 Å². The molecule has 2 heterocycles. The molecule has 0 unspecified atom stereocenters. The van der Waals surface area contributed by atoms with E-state index >= 15 is 0 Å². The molecule has 0 aliphatic carbocycles. The lowest BCUT2D eigenvalue weighted by Gasteiger charge is -2.26. The summed E-state index contributed by atoms with van der Waals surface area (Å²) in [4.78, 5) is 2.32. The lowest BCUT2D eigenvalue weighted by molar-refractivity contribution is 0.636. The van der Waals surface area contributed by atoms with Crippen LogP contribution in [-0.2, 0) is 0 Å². The molecule has 2 aromatic heterocycles. The second-order valence-corrected chi connectivity index (χ2v) is 15.2. The lowest BCUT2D eigenvalue weighted by Crippen LogP contribution is -2.10. The average molecular weight is 754 g/mol. The van der Waals surface area contributed by atoms with Crippen LogP contribution in [0.3, 0.4) is 0 Å². The third-order valence-electron chi connectivity index (χ3n) is 11.8. The molecule has 0 amide bonds. The zero-order valence-corrected chi connectivity index (χ0v) is 32.0. The summed E-state index contributed by atoms with van der Waals surface area (Å²) in [6.45, 7) is 0. The van der Waals surface area contributed by atoms with Gasteiger partial charge in [-0.1, -0.05) is 164 Å². The molecule has 0 N–H and O–H groups in total. The fraction of sp³-hybridized carbons (Fsp3) is 0. The number of anilines is 3. The largest absolute Gasteiger partial charge is 0.456 e. The van der Waals surface area contributed by atoms with E-state index in [9.17, 15) is 0 Å². The Morgan fingerprint density at radius 2 is 0.898 bits per heavy atom. The van der Waals surface area contributed by atoms with E-state index in [2.05, 4.69) is 217 Å². The summed E-state index contributed by atoms with van der Waals surface area (Å²) >= 11 is 0. The molecule has 0 aliphatic heterocycles. The smallest absolute Gasteiger partial charge is 0.143 e. The van der Waals surface area contributed by atoms with Gasteiger partial charge in [-0.05, 0) is 86.1 Å². The Balaban J connectivity index is 1.08. The molecule has 12 rings (SSSR count). The van der Waals surface area contributed by atoms with E-state index in [4.69, 9.17) is 8.83 Å². The molecule has 0 radical (unpaired) electrons. The first-order chi connectivity index (χ1) is 29.3. The summed E-state index contributed by atoms with van der Waals surface area (Å²) in [5.41, 5.74) is 11.2. The van der Waals surface area contributed by atoms with E-state index in [1.807, 2.05) is 0 Å². The van der Waals surface area contributed by atoms with Crippen LogP contribution in [-0.4, -0.2) is 0 Å². The zero-order valence-electron chi connectivity index (χ0n) is 32.0. The predicted octanol–water partition coefficient (Wildman–Crippen LogP) is 16.3. The number of hydrogen-bond donors (Lipinski definition) is 0. The molecule has 276 valence electrons. The van der Waals surface area contributed by atoms with Crippen LogP contribution >= 0.6 is 0 Å². The van der Waals surface area contributed by atoms with Gasteiger partial charge in [-0.2, -0.15) is 0 Å². The highest BCUT2D eigenvalue weighted by Crippen LogP contribution is 2.48. The Labute approximate surface area is 340 Å². The van der Waals surface area contributed by atoms with Crippen molar-refractivity contribution in [2.24, 2.45) is 0 Å². The monoisotopic (exact) mass is 753 g/mol. The Hall–Kier alpha value is -7.88. The maximum Gasteiger partial charge on any atom is 0.143 e. The Bertz CT molecular complexity index is 3540. The molecule has 12 aromatic rings. The van der Waals surface area contributed by atoms with Crippen molar-refractivity contribution >= 4 is 82.3 Å². The van der Waals surface area contributed by atoms with Gasteiger partial charge in [-0.25, -0.2) is 0 Å². The Morgan fingerprint density at radius 1 is 0.305 bits per heavy atom. The normalized spacial score (nSPS) is 11.7. The highest BCUT2D eigenvalue weighted by molar-refractivity contribution is 6.28. The third-order valence-corrected chi connectivity index (χ3v) is 11.8. The second-order valence-electron chi connectivity index (χ2n) is 15.2. The summed E-state index contributed by atoms with van der Waals surface area (Å²) in [5.74, 6) is 0.841. The molecule has 0 saturated heterocycles. The van der Waals surface area contributed by atoms with Crippen molar-refractivity contribution in [1.82, 2.24) is 0 Å². The van der Waals surface area contributed by atoms with Crippen molar-refractivity contribution in [2.45, 2.75) is 0 Å². The molecule has 0 fully saturated rings. The summed E-state index contributed by atoms with van der Waals surface area (Å²) in [6, 6.07) is 75.4. The number of fused-ring (bicyclic) bond motifs is 11. The first-order valence-corrected chi connectivity index (χ1v) is 20.1. The van der Waals surface area contributed by atoms with Gasteiger partial charge in [-0.15, -0.1) is 0 Å². The molecular formula is C56H35NO2. The fourth-order valence-corrected chi connectivity index (χ4v) is 9.15. The van der Waals surface area contributed by atoms with E-state index in [0.29, 0.717) is 0 Å². The van der Waals surface area contributed by atoms with Gasteiger partial charge in [0.15, 0.2) is 0 Å². The first-order valence-electron chi connectivity index (χ1n) is 20.1. The number of furan rings is 2. The first kappa shape index (κ1) is 33.3. The number of benzene rings is 10. The number of nitrogens with zero attached hydrogens (tertiary/aromatic N) is 1. The SMILES string of the molecule is c1ccc(-c2ccc(N(c3cccc(-c4oc5c6ccccc6c6ccccc6c5c4-c4ccccc4)c3)c3ccc4c(c3)oc3ccc5ccccc5c34)cc2)cc1. The van der Waals surface area contributed by atoms with Gasteiger partial charge in [0.25, 0.3) is 0 Å². The number of hydrogen-bond acceptors (Lipinski definition) is 3. The van der Waals surface area contributed by atoms with Crippen molar-refractivity contribution in [3.05, 3.63) is 212 Å². The summed E-state index contributed by atoms with van der Waals surface area (Å²) in [6.07, 6.45) is 0. The molecule has 0 spiro atoms. The molecule has 3 nitrogen and oxygen atoms in total. The minimum Gasteiger partial charge on any atom is -0.456 e. The van der Waals surface area contributed by atoms with Gasteiger partial charge < -0.3 is 13.7 Å². The molecule has 0 atom stereocenters. The van der Waals surface area contributed by atoms with E-state index < -0.39 is 0 Å². The molecule has 3 heteroatoms. The maximum absolute atomic E-state index is 7.16. The van der Waals surface area contributed by atoms with Crippen molar-refractivity contribution in [1.29, 1.82) is 0 Å². The number of rotatable bonds is 6. The van der Waals surface area contributed by atoms with Gasteiger partial charge in [0.1, 0.15) is 22.5 Å². The van der Waals surface area contributed by atoms with Gasteiger partial charge in [0.05, 0.1) is 0 Å². The van der Waals surface area contributed by atoms with Crippen molar-refractivity contribution < 1.29 is 8.83 Å². The lowest BCUT2D eigenvalue weighted by atomic mass is 9.92. The standard InChI is InChI=1S/C56H35NO2/c1-3-14-36(15-4-1)37-26-29-41(30-27-37)57(43-31-32-49-51(35-43)58-50-33-28-38-16-7-8-21-44(38)53(49)50)42-20-13-19-40(34-42)55-52(39-17-5-2-6-18-39)54-47-24-11-9-22-45(47)46-23-10-12-25-48(46)56(54)59-55/h1-35H. The Kier molecular flexibility index (Phi) is 7.54. The van der Waals surface area contributed by atoms with Crippen molar-refractivity contribution in [2.75, 3.05) is 4.90 Å². The summed E-state index contributed by atoms with van der Waals surface area (Å²) < 4.78 is 13.8.